The van der Waals surface area contributed by atoms with Gasteiger partial charge in [-0.3, -0.25) is 9.59 Å². The maximum Gasteiger partial charge on any atom is 0.253 e. The quantitative estimate of drug-likeness (QED) is 0.920. The maximum absolute atomic E-state index is 12.5. The first-order valence-electron chi connectivity index (χ1n) is 8.91. The van der Waals surface area contributed by atoms with Crippen LogP contribution >= 0.6 is 0 Å². The number of nitrogens with zero attached hydrogens (tertiary/aromatic N) is 1. The van der Waals surface area contributed by atoms with Crippen molar-refractivity contribution >= 4 is 11.8 Å². The Bertz CT molecular complexity index is 564. The van der Waals surface area contributed by atoms with Crippen molar-refractivity contribution in [3.8, 4) is 0 Å². The second-order valence-electron chi connectivity index (χ2n) is 7.90. The van der Waals surface area contributed by atoms with Gasteiger partial charge in [-0.2, -0.15) is 0 Å². The number of aryl methyl sites for hydroxylation is 1. The summed E-state index contributed by atoms with van der Waals surface area (Å²) in [4.78, 5) is 26.3. The average molecular weight is 330 g/mol. The first kappa shape index (κ1) is 18.5. The molecule has 132 valence electrons. The van der Waals surface area contributed by atoms with Crippen LogP contribution in [0, 0.1) is 18.3 Å². The Morgan fingerprint density at radius 2 is 1.71 bits per heavy atom. The number of likely N-dealkylation sites (tertiary alicyclic amines) is 1. The van der Waals surface area contributed by atoms with Gasteiger partial charge in [0.05, 0.1) is 0 Å². The molecular weight excluding hydrogens is 300 g/mol. The summed E-state index contributed by atoms with van der Waals surface area (Å²) < 4.78 is 0. The Labute approximate surface area is 145 Å². The van der Waals surface area contributed by atoms with Crippen LogP contribution in [0.5, 0.6) is 0 Å². The number of carbonyl (C=O) groups excluding carboxylic acids is 2. The van der Waals surface area contributed by atoms with Crippen molar-refractivity contribution in [1.29, 1.82) is 0 Å². The van der Waals surface area contributed by atoms with Crippen LogP contribution in [-0.2, 0) is 4.79 Å². The topological polar surface area (TPSA) is 49.4 Å². The molecule has 1 aliphatic heterocycles. The zero-order valence-electron chi connectivity index (χ0n) is 15.4. The monoisotopic (exact) mass is 330 g/mol. The van der Waals surface area contributed by atoms with E-state index in [0.29, 0.717) is 5.92 Å². The Morgan fingerprint density at radius 3 is 2.25 bits per heavy atom. The van der Waals surface area contributed by atoms with E-state index >= 15 is 0 Å². The van der Waals surface area contributed by atoms with Gasteiger partial charge in [0, 0.05) is 30.6 Å². The van der Waals surface area contributed by atoms with Crippen LogP contribution in [0.3, 0.4) is 0 Å². The lowest BCUT2D eigenvalue weighted by molar-refractivity contribution is -0.128. The fourth-order valence-corrected chi connectivity index (χ4v) is 2.96. The molecule has 24 heavy (non-hydrogen) atoms. The van der Waals surface area contributed by atoms with Crippen LogP contribution in [-0.4, -0.2) is 36.3 Å². The van der Waals surface area contributed by atoms with E-state index in [0.717, 1.165) is 44.5 Å². The standard InChI is InChI=1S/C20H30N2O2/c1-15-5-7-17(8-6-15)18(23)22-13-10-16(11-14-22)9-12-21-19(24)20(2,3)4/h5-8,16H,9-14H2,1-4H3,(H,21,24). The van der Waals surface area contributed by atoms with Crippen molar-refractivity contribution in [2.24, 2.45) is 11.3 Å². The van der Waals surface area contributed by atoms with Crippen molar-refractivity contribution in [1.82, 2.24) is 10.2 Å². The Hall–Kier alpha value is -1.84. The van der Waals surface area contributed by atoms with E-state index in [1.807, 2.05) is 56.9 Å². The third-order valence-electron chi connectivity index (χ3n) is 4.72. The lowest BCUT2D eigenvalue weighted by Gasteiger charge is -2.32. The number of nitrogens with one attached hydrogen (secondary N) is 1. The van der Waals surface area contributed by atoms with Gasteiger partial charge in [-0.15, -0.1) is 0 Å². The SMILES string of the molecule is Cc1ccc(C(=O)N2CCC(CCNC(=O)C(C)(C)C)CC2)cc1. The van der Waals surface area contributed by atoms with E-state index < -0.39 is 0 Å². The van der Waals surface area contributed by atoms with Crippen molar-refractivity contribution < 1.29 is 9.59 Å². The molecule has 1 N–H and O–H groups in total. The highest BCUT2D eigenvalue weighted by atomic mass is 16.2. The molecule has 2 rings (SSSR count). The molecule has 2 amide bonds. The normalized spacial score (nSPS) is 16.1. The fourth-order valence-electron chi connectivity index (χ4n) is 2.96. The van der Waals surface area contributed by atoms with Crippen LogP contribution in [0.15, 0.2) is 24.3 Å². The van der Waals surface area contributed by atoms with E-state index in [-0.39, 0.29) is 17.2 Å². The summed E-state index contributed by atoms with van der Waals surface area (Å²) in [7, 11) is 0. The molecule has 1 aromatic rings. The lowest BCUT2D eigenvalue weighted by atomic mass is 9.92. The number of piperidine rings is 1. The third kappa shape index (κ3) is 5.08. The second-order valence-corrected chi connectivity index (χ2v) is 7.90. The third-order valence-corrected chi connectivity index (χ3v) is 4.72. The minimum Gasteiger partial charge on any atom is -0.356 e. The van der Waals surface area contributed by atoms with Gasteiger partial charge in [0.25, 0.3) is 5.91 Å². The predicted molar refractivity (Wildman–Crippen MR) is 96.9 cm³/mol. The molecule has 4 nitrogen and oxygen atoms in total. The van der Waals surface area contributed by atoms with Crippen molar-refractivity contribution in [2.75, 3.05) is 19.6 Å². The summed E-state index contributed by atoms with van der Waals surface area (Å²) >= 11 is 0. The molecule has 0 bridgehead atoms. The number of benzene rings is 1. The molecular formula is C20H30N2O2. The van der Waals surface area contributed by atoms with Crippen LogP contribution in [0.4, 0.5) is 0 Å². The number of hydrogen-bond acceptors (Lipinski definition) is 2. The molecule has 0 aliphatic carbocycles. The molecule has 0 radical (unpaired) electrons. The Balaban J connectivity index is 1.74. The summed E-state index contributed by atoms with van der Waals surface area (Å²) in [6.07, 6.45) is 3.03. The second kappa shape index (κ2) is 7.82. The van der Waals surface area contributed by atoms with Crippen LogP contribution in [0.25, 0.3) is 0 Å². The zero-order valence-corrected chi connectivity index (χ0v) is 15.4. The summed E-state index contributed by atoms with van der Waals surface area (Å²) in [6.45, 7) is 10.2. The van der Waals surface area contributed by atoms with Crippen molar-refractivity contribution in [3.63, 3.8) is 0 Å². The molecule has 1 aliphatic rings. The summed E-state index contributed by atoms with van der Waals surface area (Å²) in [5.41, 5.74) is 1.61. The smallest absolute Gasteiger partial charge is 0.253 e. The molecule has 0 atom stereocenters. The van der Waals surface area contributed by atoms with E-state index in [9.17, 15) is 9.59 Å². The van der Waals surface area contributed by atoms with Crippen molar-refractivity contribution in [3.05, 3.63) is 35.4 Å². The number of amides is 2. The molecule has 1 aromatic carbocycles. The average Bonchev–Trinajstić information content (AvgIpc) is 2.54. The molecule has 1 heterocycles. The van der Waals surface area contributed by atoms with E-state index in [1.165, 1.54) is 5.56 Å². The van der Waals surface area contributed by atoms with E-state index in [4.69, 9.17) is 0 Å². The minimum atomic E-state index is -0.330. The molecule has 1 fully saturated rings. The summed E-state index contributed by atoms with van der Waals surface area (Å²) in [6, 6.07) is 7.79. The van der Waals surface area contributed by atoms with Gasteiger partial charge in [0.1, 0.15) is 0 Å². The maximum atomic E-state index is 12.5. The minimum absolute atomic E-state index is 0.106. The molecule has 0 saturated carbocycles. The van der Waals surface area contributed by atoms with Crippen LogP contribution in [0.1, 0.15) is 56.0 Å². The first-order valence-corrected chi connectivity index (χ1v) is 8.91. The Kier molecular flexibility index (Phi) is 6.03. The van der Waals surface area contributed by atoms with Gasteiger partial charge in [0.2, 0.25) is 5.91 Å². The number of hydrogen-bond donors (Lipinski definition) is 1. The predicted octanol–water partition coefficient (Wildman–Crippen LogP) is 3.40. The van der Waals surface area contributed by atoms with E-state index in [2.05, 4.69) is 5.32 Å². The summed E-state index contributed by atoms with van der Waals surface area (Å²) in [5.74, 6) is 0.830. The first-order chi connectivity index (χ1) is 11.3. The largest absolute Gasteiger partial charge is 0.356 e. The van der Waals surface area contributed by atoms with Crippen molar-refractivity contribution in [2.45, 2.75) is 47.0 Å². The fraction of sp³-hybridized carbons (Fsp3) is 0.600. The summed E-state index contributed by atoms with van der Waals surface area (Å²) in [5, 5.41) is 3.02. The number of rotatable bonds is 4. The van der Waals surface area contributed by atoms with Gasteiger partial charge in [-0.25, -0.2) is 0 Å². The molecule has 0 unspecified atom stereocenters. The molecule has 0 aromatic heterocycles. The molecule has 1 saturated heterocycles. The van der Waals surface area contributed by atoms with Gasteiger partial charge in [-0.1, -0.05) is 38.5 Å². The van der Waals surface area contributed by atoms with Gasteiger partial charge in [-0.05, 0) is 44.2 Å². The molecule has 0 spiro atoms. The van der Waals surface area contributed by atoms with Gasteiger partial charge < -0.3 is 10.2 Å². The molecule has 4 heteroatoms. The van der Waals surface area contributed by atoms with Gasteiger partial charge in [0.15, 0.2) is 0 Å². The Morgan fingerprint density at radius 1 is 1.12 bits per heavy atom. The highest BCUT2D eigenvalue weighted by Crippen LogP contribution is 2.22. The zero-order chi connectivity index (χ0) is 17.7. The van der Waals surface area contributed by atoms with Crippen LogP contribution < -0.4 is 5.32 Å². The highest BCUT2D eigenvalue weighted by Gasteiger charge is 2.24. The highest BCUT2D eigenvalue weighted by molar-refractivity contribution is 5.94. The van der Waals surface area contributed by atoms with E-state index in [1.54, 1.807) is 0 Å². The number of carbonyl (C=O) groups is 2. The van der Waals surface area contributed by atoms with Gasteiger partial charge >= 0.3 is 0 Å². The lowest BCUT2D eigenvalue weighted by Crippen LogP contribution is -2.40. The van der Waals surface area contributed by atoms with Crippen LogP contribution in [0.2, 0.25) is 0 Å².